The topological polar surface area (TPSA) is 48.2 Å². The van der Waals surface area contributed by atoms with E-state index in [2.05, 4.69) is 10.1 Å². The van der Waals surface area contributed by atoms with Crippen molar-refractivity contribution in [3.63, 3.8) is 0 Å². The lowest BCUT2D eigenvalue weighted by Gasteiger charge is -2.06. The Kier molecular flexibility index (Phi) is 2.86. The van der Waals surface area contributed by atoms with Gasteiger partial charge in [-0.15, -0.1) is 0 Å². The van der Waals surface area contributed by atoms with Crippen molar-refractivity contribution in [3.8, 4) is 5.75 Å². The number of hydrogen-bond acceptors (Lipinski definition) is 4. The van der Waals surface area contributed by atoms with Crippen molar-refractivity contribution in [2.75, 3.05) is 0 Å². The molecule has 0 radical (unpaired) electrons. The maximum Gasteiger partial charge on any atom is 0.136 e. The summed E-state index contributed by atoms with van der Waals surface area (Å²) in [6.45, 7) is 0.424. The fraction of sp³-hybridized carbons (Fsp3) is 0.0769. The van der Waals surface area contributed by atoms with Gasteiger partial charge in [0.2, 0.25) is 0 Å². The molecule has 5 heteroatoms. The molecule has 18 heavy (non-hydrogen) atoms. The molecular weight excluding hydrogens is 252 g/mol. The molecule has 0 saturated heterocycles. The minimum absolute atomic E-state index is 0.424. The smallest absolute Gasteiger partial charge is 0.136 e. The van der Waals surface area contributed by atoms with E-state index < -0.39 is 0 Å². The van der Waals surface area contributed by atoms with Crippen molar-refractivity contribution in [1.29, 1.82) is 0 Å². The molecule has 4 nitrogen and oxygen atoms in total. The molecule has 1 aromatic carbocycles. The standard InChI is InChI=1S/C13H9ClN2O2/c14-13-12-2-1-11(5-10(12)3-4-15-13)17-7-9-6-16-18-8-9/h1-6,8H,7H2. The summed E-state index contributed by atoms with van der Waals surface area (Å²) in [6, 6.07) is 7.58. The number of aromatic nitrogens is 2. The number of fused-ring (bicyclic) bond motifs is 1. The summed E-state index contributed by atoms with van der Waals surface area (Å²) in [7, 11) is 0. The van der Waals surface area contributed by atoms with Crippen LogP contribution in [0.4, 0.5) is 0 Å². The van der Waals surface area contributed by atoms with Crippen molar-refractivity contribution in [1.82, 2.24) is 10.1 Å². The lowest BCUT2D eigenvalue weighted by Crippen LogP contribution is -1.93. The van der Waals surface area contributed by atoms with E-state index in [9.17, 15) is 0 Å². The molecule has 0 aliphatic heterocycles. The van der Waals surface area contributed by atoms with Gasteiger partial charge in [-0.25, -0.2) is 4.98 Å². The maximum absolute atomic E-state index is 6.00. The van der Waals surface area contributed by atoms with Gasteiger partial charge >= 0.3 is 0 Å². The molecule has 0 unspecified atom stereocenters. The zero-order valence-electron chi connectivity index (χ0n) is 9.34. The molecular formula is C13H9ClN2O2. The Morgan fingerprint density at radius 3 is 3.06 bits per heavy atom. The molecule has 2 heterocycles. The van der Waals surface area contributed by atoms with Gasteiger partial charge in [0.25, 0.3) is 0 Å². The molecule has 0 bridgehead atoms. The first-order valence-electron chi connectivity index (χ1n) is 5.38. The van der Waals surface area contributed by atoms with Crippen LogP contribution in [0.1, 0.15) is 5.56 Å². The zero-order chi connectivity index (χ0) is 12.4. The second-order valence-corrected chi connectivity index (χ2v) is 4.16. The predicted molar refractivity (Wildman–Crippen MR) is 67.6 cm³/mol. The number of hydrogen-bond donors (Lipinski definition) is 0. The van der Waals surface area contributed by atoms with Crippen LogP contribution in [0.5, 0.6) is 5.75 Å². The van der Waals surface area contributed by atoms with E-state index >= 15 is 0 Å². The molecule has 0 spiro atoms. The molecule has 0 aliphatic carbocycles. The predicted octanol–water partition coefficient (Wildman–Crippen LogP) is 3.46. The van der Waals surface area contributed by atoms with E-state index in [0.717, 1.165) is 22.1 Å². The van der Waals surface area contributed by atoms with Crippen LogP contribution >= 0.6 is 11.6 Å². The Morgan fingerprint density at radius 2 is 2.22 bits per heavy atom. The summed E-state index contributed by atoms with van der Waals surface area (Å²) in [5, 5.41) is 6.02. The quantitative estimate of drug-likeness (QED) is 0.677. The van der Waals surface area contributed by atoms with Gasteiger partial charge in [-0.1, -0.05) is 16.8 Å². The number of halogens is 1. The van der Waals surface area contributed by atoms with Gasteiger partial charge in [0.15, 0.2) is 0 Å². The van der Waals surface area contributed by atoms with Gasteiger partial charge in [0, 0.05) is 17.1 Å². The van der Waals surface area contributed by atoms with E-state index in [1.165, 1.54) is 0 Å². The average Bonchev–Trinajstić information content (AvgIpc) is 2.90. The number of pyridine rings is 1. The van der Waals surface area contributed by atoms with Crippen LogP contribution in [0, 0.1) is 0 Å². The fourth-order valence-electron chi connectivity index (χ4n) is 1.67. The van der Waals surface area contributed by atoms with Crippen molar-refractivity contribution in [2.45, 2.75) is 6.61 Å². The van der Waals surface area contributed by atoms with E-state index in [-0.39, 0.29) is 0 Å². The molecule has 3 aromatic rings. The molecule has 0 amide bonds. The van der Waals surface area contributed by atoms with Crippen LogP contribution in [0.2, 0.25) is 5.15 Å². The highest BCUT2D eigenvalue weighted by molar-refractivity contribution is 6.34. The first kappa shape index (κ1) is 11.0. The average molecular weight is 261 g/mol. The first-order valence-corrected chi connectivity index (χ1v) is 5.76. The van der Waals surface area contributed by atoms with E-state index in [0.29, 0.717) is 11.8 Å². The highest BCUT2D eigenvalue weighted by atomic mass is 35.5. The SMILES string of the molecule is Clc1nccc2cc(OCc3cnoc3)ccc12. The lowest BCUT2D eigenvalue weighted by molar-refractivity contribution is 0.305. The van der Waals surface area contributed by atoms with Crippen LogP contribution < -0.4 is 4.74 Å². The largest absolute Gasteiger partial charge is 0.489 e. The van der Waals surface area contributed by atoms with Gasteiger partial charge in [-0.05, 0) is 29.7 Å². The molecule has 0 atom stereocenters. The highest BCUT2D eigenvalue weighted by Gasteiger charge is 2.02. The lowest BCUT2D eigenvalue weighted by atomic mass is 10.2. The molecule has 2 aromatic heterocycles. The van der Waals surface area contributed by atoms with E-state index in [4.69, 9.17) is 20.9 Å². The zero-order valence-corrected chi connectivity index (χ0v) is 10.1. The van der Waals surface area contributed by atoms with Gasteiger partial charge in [0.05, 0.1) is 6.20 Å². The Balaban J connectivity index is 1.85. The third-order valence-corrected chi connectivity index (χ3v) is 2.88. The van der Waals surface area contributed by atoms with E-state index in [1.807, 2.05) is 24.3 Å². The Bertz CT molecular complexity index is 668. The number of rotatable bonds is 3. The van der Waals surface area contributed by atoms with Gasteiger partial charge < -0.3 is 9.26 Å². The summed E-state index contributed by atoms with van der Waals surface area (Å²) >= 11 is 6.00. The first-order chi connectivity index (χ1) is 8.83. The molecule has 3 rings (SSSR count). The Morgan fingerprint density at radius 1 is 1.28 bits per heavy atom. The highest BCUT2D eigenvalue weighted by Crippen LogP contribution is 2.25. The Labute approximate surface area is 108 Å². The molecule has 0 N–H and O–H groups in total. The number of benzene rings is 1. The molecule has 0 fully saturated rings. The molecule has 0 aliphatic rings. The summed E-state index contributed by atoms with van der Waals surface area (Å²) in [5.74, 6) is 0.769. The minimum Gasteiger partial charge on any atom is -0.489 e. The van der Waals surface area contributed by atoms with Gasteiger partial charge in [0.1, 0.15) is 23.8 Å². The number of nitrogens with zero attached hydrogens (tertiary/aromatic N) is 2. The third kappa shape index (κ3) is 2.15. The van der Waals surface area contributed by atoms with Crippen LogP contribution in [-0.2, 0) is 6.61 Å². The van der Waals surface area contributed by atoms with Crippen molar-refractivity contribution < 1.29 is 9.26 Å². The summed E-state index contributed by atoms with van der Waals surface area (Å²) < 4.78 is 10.4. The van der Waals surface area contributed by atoms with Crippen LogP contribution in [0.3, 0.4) is 0 Å². The normalized spacial score (nSPS) is 10.7. The van der Waals surface area contributed by atoms with Crippen molar-refractivity contribution in [3.05, 3.63) is 53.6 Å². The molecule has 0 saturated carbocycles. The second kappa shape index (κ2) is 4.66. The van der Waals surface area contributed by atoms with Crippen molar-refractivity contribution >= 4 is 22.4 Å². The van der Waals surface area contributed by atoms with Crippen LogP contribution in [0.25, 0.3) is 10.8 Å². The van der Waals surface area contributed by atoms with Crippen molar-refractivity contribution in [2.24, 2.45) is 0 Å². The fourth-order valence-corrected chi connectivity index (χ4v) is 1.90. The minimum atomic E-state index is 0.424. The van der Waals surface area contributed by atoms with Gasteiger partial charge in [-0.3, -0.25) is 0 Å². The summed E-state index contributed by atoms with van der Waals surface area (Å²) in [4.78, 5) is 4.03. The number of ether oxygens (including phenoxy) is 1. The van der Waals surface area contributed by atoms with Crippen LogP contribution in [0.15, 0.2) is 47.4 Å². The third-order valence-electron chi connectivity index (χ3n) is 2.58. The summed E-state index contributed by atoms with van der Waals surface area (Å²) in [6.07, 6.45) is 4.86. The Hall–Kier alpha value is -2.07. The monoisotopic (exact) mass is 260 g/mol. The maximum atomic E-state index is 6.00. The molecule has 90 valence electrons. The second-order valence-electron chi connectivity index (χ2n) is 3.81. The summed E-state index contributed by atoms with van der Waals surface area (Å²) in [5.41, 5.74) is 0.892. The van der Waals surface area contributed by atoms with E-state index in [1.54, 1.807) is 18.7 Å². The van der Waals surface area contributed by atoms with Gasteiger partial charge in [-0.2, -0.15) is 0 Å². The van der Waals surface area contributed by atoms with Crippen LogP contribution in [-0.4, -0.2) is 10.1 Å².